The Bertz CT molecular complexity index is 1160. The van der Waals surface area contributed by atoms with E-state index in [2.05, 4.69) is 11.8 Å². The Balaban J connectivity index is 1.50. The number of fused-ring (bicyclic) bond motifs is 3. The molecule has 1 saturated heterocycles. The average molecular weight is 522 g/mol. The van der Waals surface area contributed by atoms with Gasteiger partial charge in [-0.2, -0.15) is 13.2 Å². The van der Waals surface area contributed by atoms with E-state index in [0.717, 1.165) is 38.5 Å². The Morgan fingerprint density at radius 3 is 2.49 bits per heavy atom. The topological polar surface area (TPSA) is 49.8 Å². The Labute approximate surface area is 215 Å². The third-order valence-electron chi connectivity index (χ3n) is 8.96. The molecule has 0 amide bonds. The third kappa shape index (κ3) is 5.31. The van der Waals surface area contributed by atoms with Crippen molar-refractivity contribution in [1.29, 1.82) is 0 Å². The monoisotopic (exact) mass is 521 g/mol. The van der Waals surface area contributed by atoms with Gasteiger partial charge in [0.2, 0.25) is 0 Å². The molecule has 3 fully saturated rings. The lowest BCUT2D eigenvalue weighted by Crippen LogP contribution is -2.36. The Morgan fingerprint density at radius 1 is 1.08 bits per heavy atom. The summed E-state index contributed by atoms with van der Waals surface area (Å²) in [6.07, 6.45) is 1.13. The molecule has 1 aliphatic heterocycles. The van der Waals surface area contributed by atoms with Crippen molar-refractivity contribution in [3.63, 3.8) is 0 Å². The zero-order chi connectivity index (χ0) is 26.5. The molecular formula is C29H35F4NO3. The van der Waals surface area contributed by atoms with Gasteiger partial charge in [0.05, 0.1) is 12.0 Å². The summed E-state index contributed by atoms with van der Waals surface area (Å²) in [7, 11) is 0. The molecule has 1 heterocycles. The maximum atomic E-state index is 15.4. The fourth-order valence-corrected chi connectivity index (χ4v) is 6.82. The first-order chi connectivity index (χ1) is 17.5. The summed E-state index contributed by atoms with van der Waals surface area (Å²) in [6.45, 7) is 4.65. The predicted octanol–water partition coefficient (Wildman–Crippen LogP) is 7.59. The number of ether oxygens (including phenoxy) is 1. The molecule has 2 bridgehead atoms. The molecule has 0 radical (unpaired) electrons. The van der Waals surface area contributed by atoms with Gasteiger partial charge in [0.25, 0.3) is 0 Å². The molecular weight excluding hydrogens is 486 g/mol. The van der Waals surface area contributed by atoms with Crippen LogP contribution in [0.1, 0.15) is 82.4 Å². The highest BCUT2D eigenvalue weighted by Gasteiger charge is 2.42. The van der Waals surface area contributed by atoms with E-state index in [0.29, 0.717) is 31.2 Å². The molecule has 5 rings (SSSR count). The van der Waals surface area contributed by atoms with E-state index in [1.807, 2.05) is 6.92 Å². The van der Waals surface area contributed by atoms with Crippen molar-refractivity contribution in [3.8, 4) is 5.75 Å². The zero-order valence-corrected chi connectivity index (χ0v) is 21.4. The fourth-order valence-electron chi connectivity index (χ4n) is 6.82. The quantitative estimate of drug-likeness (QED) is 0.412. The van der Waals surface area contributed by atoms with Crippen molar-refractivity contribution in [2.45, 2.75) is 89.6 Å². The maximum absolute atomic E-state index is 15.4. The molecule has 0 aromatic heterocycles. The van der Waals surface area contributed by atoms with Gasteiger partial charge >= 0.3 is 12.1 Å². The van der Waals surface area contributed by atoms with Gasteiger partial charge in [0, 0.05) is 24.2 Å². The van der Waals surface area contributed by atoms with Gasteiger partial charge < -0.3 is 9.84 Å². The van der Waals surface area contributed by atoms with E-state index < -0.39 is 35.5 Å². The van der Waals surface area contributed by atoms with Crippen LogP contribution in [0.5, 0.6) is 5.75 Å². The standard InChI is InChI=1S/C29H35F4NO3/c1-16-3-8-22(9-4-16)37-26-10-7-19-13-25(30)23(14-24(19)27(26)29(31,32)33)17(2)34-15-18-5-6-20(28(35)36)12-21(34)11-18/h7,10,13-14,16-18,20-22H,3-6,8-9,11-12,15H2,1-2H3,(H,35,36). The SMILES string of the molecule is CC1CCC(Oc2ccc3cc(F)c(C(C)N4CC5CCC(C(=O)O)CC4C5)cc3c2C(F)(F)F)CC1. The highest BCUT2D eigenvalue weighted by molar-refractivity contribution is 5.89. The summed E-state index contributed by atoms with van der Waals surface area (Å²) in [5.41, 5.74) is -0.639. The van der Waals surface area contributed by atoms with E-state index in [1.165, 1.54) is 24.3 Å². The van der Waals surface area contributed by atoms with E-state index >= 15 is 4.39 Å². The van der Waals surface area contributed by atoms with Crippen LogP contribution in [-0.4, -0.2) is 34.7 Å². The molecule has 1 N–H and O–H groups in total. The molecule has 4 nitrogen and oxygen atoms in total. The molecule has 2 aliphatic carbocycles. The van der Waals surface area contributed by atoms with Crippen molar-refractivity contribution >= 4 is 16.7 Å². The number of benzene rings is 2. The number of alkyl halides is 3. The molecule has 3 aliphatic rings. The normalized spacial score (nSPS) is 29.7. The fraction of sp³-hybridized carbons (Fsp3) is 0.621. The smallest absolute Gasteiger partial charge is 0.420 e. The number of carbonyl (C=O) groups is 1. The lowest BCUT2D eigenvalue weighted by Gasteiger charge is -2.33. The second-order valence-corrected chi connectivity index (χ2v) is 11.5. The summed E-state index contributed by atoms with van der Waals surface area (Å²) >= 11 is 0. The molecule has 202 valence electrons. The second kappa shape index (κ2) is 10.1. The van der Waals surface area contributed by atoms with Gasteiger partial charge in [-0.25, -0.2) is 4.39 Å². The molecule has 2 aromatic carbocycles. The molecule has 4 atom stereocenters. The summed E-state index contributed by atoms with van der Waals surface area (Å²) in [5, 5.41) is 9.69. The average Bonchev–Trinajstić information content (AvgIpc) is 3.10. The van der Waals surface area contributed by atoms with Crippen molar-refractivity contribution in [2.24, 2.45) is 17.8 Å². The maximum Gasteiger partial charge on any atom is 0.420 e. The van der Waals surface area contributed by atoms with Crippen LogP contribution >= 0.6 is 0 Å². The van der Waals surface area contributed by atoms with Crippen molar-refractivity contribution in [1.82, 2.24) is 4.90 Å². The highest BCUT2D eigenvalue weighted by Crippen LogP contribution is 2.45. The molecule has 2 saturated carbocycles. The minimum Gasteiger partial charge on any atom is -0.490 e. The minimum absolute atomic E-state index is 0.0239. The van der Waals surface area contributed by atoms with E-state index in [9.17, 15) is 23.1 Å². The number of halogens is 4. The number of carboxylic acids is 1. The summed E-state index contributed by atoms with van der Waals surface area (Å²) in [5.74, 6) is -1.12. The van der Waals surface area contributed by atoms with Crippen LogP contribution in [0.25, 0.3) is 10.8 Å². The number of nitrogens with zero attached hydrogens (tertiary/aromatic N) is 1. The van der Waals surface area contributed by atoms with Crippen LogP contribution in [-0.2, 0) is 11.0 Å². The zero-order valence-electron chi connectivity index (χ0n) is 21.4. The second-order valence-electron chi connectivity index (χ2n) is 11.5. The molecule has 2 aromatic rings. The Morgan fingerprint density at radius 2 is 1.81 bits per heavy atom. The van der Waals surface area contributed by atoms with Crippen LogP contribution < -0.4 is 4.74 Å². The summed E-state index contributed by atoms with van der Waals surface area (Å²) < 4.78 is 64.6. The molecule has 8 heteroatoms. The van der Waals surface area contributed by atoms with E-state index in [4.69, 9.17) is 4.74 Å². The van der Waals surface area contributed by atoms with Gasteiger partial charge in [-0.15, -0.1) is 0 Å². The van der Waals surface area contributed by atoms with Crippen molar-refractivity contribution < 1.29 is 32.2 Å². The summed E-state index contributed by atoms with van der Waals surface area (Å²) in [4.78, 5) is 13.8. The van der Waals surface area contributed by atoms with Gasteiger partial charge in [-0.3, -0.25) is 9.69 Å². The van der Waals surface area contributed by atoms with Gasteiger partial charge in [0.15, 0.2) is 0 Å². The van der Waals surface area contributed by atoms with Crippen LogP contribution in [0.15, 0.2) is 24.3 Å². The van der Waals surface area contributed by atoms with Crippen LogP contribution in [0.3, 0.4) is 0 Å². The third-order valence-corrected chi connectivity index (χ3v) is 8.96. The van der Waals surface area contributed by atoms with E-state index in [-0.39, 0.29) is 34.2 Å². The predicted molar refractivity (Wildman–Crippen MR) is 133 cm³/mol. The molecule has 0 spiro atoms. The number of rotatable bonds is 5. The first-order valence-corrected chi connectivity index (χ1v) is 13.5. The Kier molecular flexibility index (Phi) is 7.16. The Hall–Kier alpha value is -2.35. The number of carboxylic acid groups (broad SMARTS) is 1. The minimum atomic E-state index is -4.66. The number of aliphatic carboxylic acids is 1. The van der Waals surface area contributed by atoms with Crippen LogP contribution in [0, 0.1) is 23.6 Å². The lowest BCUT2D eigenvalue weighted by atomic mass is 9.89. The first kappa shape index (κ1) is 26.3. The first-order valence-electron chi connectivity index (χ1n) is 13.5. The van der Waals surface area contributed by atoms with Crippen LogP contribution in [0.2, 0.25) is 0 Å². The molecule has 4 unspecified atom stereocenters. The summed E-state index contributed by atoms with van der Waals surface area (Å²) in [6, 6.07) is 4.87. The largest absolute Gasteiger partial charge is 0.490 e. The van der Waals surface area contributed by atoms with E-state index in [1.54, 1.807) is 0 Å². The van der Waals surface area contributed by atoms with Crippen LogP contribution in [0.4, 0.5) is 17.6 Å². The highest BCUT2D eigenvalue weighted by atomic mass is 19.4. The number of hydrogen-bond acceptors (Lipinski definition) is 3. The number of likely N-dealkylation sites (tertiary alicyclic amines) is 1. The number of hydrogen-bond donors (Lipinski definition) is 1. The van der Waals surface area contributed by atoms with Gasteiger partial charge in [0.1, 0.15) is 17.1 Å². The van der Waals surface area contributed by atoms with Crippen molar-refractivity contribution in [2.75, 3.05) is 6.54 Å². The molecule has 37 heavy (non-hydrogen) atoms. The van der Waals surface area contributed by atoms with Gasteiger partial charge in [-0.1, -0.05) is 13.0 Å². The lowest BCUT2D eigenvalue weighted by molar-refractivity contribution is -0.143. The van der Waals surface area contributed by atoms with Gasteiger partial charge in [-0.05, 0) is 99.1 Å². The van der Waals surface area contributed by atoms with Crippen molar-refractivity contribution in [3.05, 3.63) is 41.2 Å².